The van der Waals surface area contributed by atoms with Crippen LogP contribution in [0.5, 0.6) is 0 Å². The number of hydrogen-bond acceptors (Lipinski definition) is 6. The topological polar surface area (TPSA) is 116 Å². The van der Waals surface area contributed by atoms with E-state index < -0.39 is 0 Å². The molecule has 0 radical (unpaired) electrons. The van der Waals surface area contributed by atoms with Gasteiger partial charge in [0, 0.05) is 24.6 Å². The standard InChI is InChI=1S/C35H36N8O2/c1-23(2)21-42-34(44)30-33(43(35(42)45)27-13-7-4-8-14-27)36-32(26-11-5-3-6-12-26)41(30)22-24-17-19-25(20-18-24)28-15-9-10-16-29(28)31-37-39-40-38-31/h4,7-10,13-20,23,26H,3,5-6,11-12,21-22H2,1-2H3,(H,37,38,39,40). The van der Waals surface area contributed by atoms with Crippen LogP contribution in [-0.2, 0) is 13.1 Å². The maximum absolute atomic E-state index is 14.2. The molecule has 10 heteroatoms. The van der Waals surface area contributed by atoms with Crippen molar-refractivity contribution in [2.24, 2.45) is 5.92 Å². The first-order valence-electron chi connectivity index (χ1n) is 15.7. The molecule has 7 rings (SSSR count). The van der Waals surface area contributed by atoms with Gasteiger partial charge in [0.15, 0.2) is 17.0 Å². The van der Waals surface area contributed by atoms with Crippen molar-refractivity contribution < 1.29 is 0 Å². The van der Waals surface area contributed by atoms with Gasteiger partial charge in [-0.2, -0.15) is 0 Å². The van der Waals surface area contributed by atoms with Crippen molar-refractivity contribution in [1.82, 2.24) is 39.3 Å². The molecule has 0 atom stereocenters. The molecule has 0 aliphatic heterocycles. The third-order valence-corrected chi connectivity index (χ3v) is 8.73. The molecule has 3 aromatic carbocycles. The van der Waals surface area contributed by atoms with E-state index in [4.69, 9.17) is 4.98 Å². The van der Waals surface area contributed by atoms with Crippen molar-refractivity contribution in [2.75, 3.05) is 0 Å². The Morgan fingerprint density at radius 2 is 1.56 bits per heavy atom. The lowest BCUT2D eigenvalue weighted by Gasteiger charge is -2.22. The first-order valence-corrected chi connectivity index (χ1v) is 15.7. The molecular formula is C35H36N8O2. The number of nitrogens with one attached hydrogen (secondary N) is 1. The number of aromatic nitrogens is 8. The van der Waals surface area contributed by atoms with Crippen molar-refractivity contribution in [1.29, 1.82) is 0 Å². The summed E-state index contributed by atoms with van der Waals surface area (Å²) in [7, 11) is 0. The fourth-order valence-electron chi connectivity index (χ4n) is 6.61. The number of rotatable bonds is 8. The average Bonchev–Trinajstić information content (AvgIpc) is 3.74. The summed E-state index contributed by atoms with van der Waals surface area (Å²) >= 11 is 0. The minimum atomic E-state index is -0.350. The first kappa shape index (κ1) is 28.6. The molecule has 3 heterocycles. The Bertz CT molecular complexity index is 2050. The Morgan fingerprint density at radius 1 is 0.844 bits per heavy atom. The number of imidazole rings is 1. The second kappa shape index (κ2) is 12.1. The van der Waals surface area contributed by atoms with Crippen molar-refractivity contribution in [2.45, 2.75) is 65.0 Å². The summed E-state index contributed by atoms with van der Waals surface area (Å²) in [4.78, 5) is 33.3. The summed E-state index contributed by atoms with van der Waals surface area (Å²) in [5.74, 6) is 1.85. The monoisotopic (exact) mass is 600 g/mol. The lowest BCUT2D eigenvalue weighted by atomic mass is 9.88. The molecule has 6 aromatic rings. The van der Waals surface area contributed by atoms with Gasteiger partial charge in [-0.05, 0) is 58.0 Å². The number of aromatic amines is 1. The van der Waals surface area contributed by atoms with Gasteiger partial charge in [0.1, 0.15) is 5.82 Å². The zero-order chi connectivity index (χ0) is 30.9. The highest BCUT2D eigenvalue weighted by Crippen LogP contribution is 2.35. The van der Waals surface area contributed by atoms with Crippen LogP contribution in [0.15, 0.2) is 88.5 Å². The van der Waals surface area contributed by atoms with Crippen molar-refractivity contribution >= 4 is 11.2 Å². The number of H-pyrrole nitrogens is 1. The smallest absolute Gasteiger partial charge is 0.317 e. The molecule has 1 aliphatic rings. The highest BCUT2D eigenvalue weighted by atomic mass is 16.2. The van der Waals surface area contributed by atoms with Crippen molar-refractivity contribution in [3.05, 3.63) is 111 Å². The highest BCUT2D eigenvalue weighted by molar-refractivity contribution is 5.80. The number of tetrazole rings is 1. The van der Waals surface area contributed by atoms with Crippen LogP contribution in [0.1, 0.15) is 63.3 Å². The summed E-state index contributed by atoms with van der Waals surface area (Å²) in [5.41, 5.74) is 4.99. The molecule has 228 valence electrons. The van der Waals surface area contributed by atoms with Crippen molar-refractivity contribution in [3.8, 4) is 28.2 Å². The molecule has 1 saturated carbocycles. The van der Waals surface area contributed by atoms with E-state index in [9.17, 15) is 9.59 Å². The predicted molar refractivity (Wildman–Crippen MR) is 174 cm³/mol. The number of hydrogen-bond donors (Lipinski definition) is 1. The number of fused-ring (bicyclic) bond motifs is 1. The molecule has 0 bridgehead atoms. The van der Waals surface area contributed by atoms with Gasteiger partial charge in [0.2, 0.25) is 0 Å². The van der Waals surface area contributed by atoms with Gasteiger partial charge < -0.3 is 4.57 Å². The van der Waals surface area contributed by atoms with Crippen LogP contribution in [0.4, 0.5) is 0 Å². The third kappa shape index (κ3) is 5.41. The van der Waals surface area contributed by atoms with E-state index in [0.717, 1.165) is 53.8 Å². The third-order valence-electron chi connectivity index (χ3n) is 8.73. The van der Waals surface area contributed by atoms with Crippen LogP contribution >= 0.6 is 0 Å². The average molecular weight is 601 g/mol. The molecule has 1 aliphatic carbocycles. The summed E-state index contributed by atoms with van der Waals surface area (Å²) in [6.07, 6.45) is 5.51. The Kier molecular flexibility index (Phi) is 7.71. The van der Waals surface area contributed by atoms with Gasteiger partial charge in [0.25, 0.3) is 5.56 Å². The lowest BCUT2D eigenvalue weighted by molar-refractivity contribution is 0.419. The predicted octanol–water partition coefficient (Wildman–Crippen LogP) is 5.95. The van der Waals surface area contributed by atoms with Gasteiger partial charge >= 0.3 is 5.69 Å². The molecule has 1 fully saturated rings. The molecule has 0 amide bonds. The van der Waals surface area contributed by atoms with Crippen LogP contribution in [-0.4, -0.2) is 39.3 Å². The van der Waals surface area contributed by atoms with E-state index in [-0.39, 0.29) is 23.1 Å². The van der Waals surface area contributed by atoms with Gasteiger partial charge in [0.05, 0.1) is 5.69 Å². The summed E-state index contributed by atoms with van der Waals surface area (Å²) < 4.78 is 5.11. The zero-order valence-corrected chi connectivity index (χ0v) is 25.6. The van der Waals surface area contributed by atoms with Crippen LogP contribution in [0, 0.1) is 5.92 Å². The van der Waals surface area contributed by atoms with Crippen LogP contribution in [0.25, 0.3) is 39.4 Å². The van der Waals surface area contributed by atoms with Crippen LogP contribution < -0.4 is 11.2 Å². The Hall–Kier alpha value is -5.12. The highest BCUT2D eigenvalue weighted by Gasteiger charge is 2.28. The normalized spacial score (nSPS) is 14.0. The fraction of sp³-hybridized carbons (Fsp3) is 0.314. The van der Waals surface area contributed by atoms with E-state index in [1.165, 1.54) is 11.0 Å². The van der Waals surface area contributed by atoms with E-state index in [1.807, 2.05) is 62.4 Å². The van der Waals surface area contributed by atoms with Crippen LogP contribution in [0.3, 0.4) is 0 Å². The Balaban J connectivity index is 1.38. The van der Waals surface area contributed by atoms with E-state index in [2.05, 4.69) is 55.5 Å². The van der Waals surface area contributed by atoms with Gasteiger partial charge in [-0.1, -0.05) is 99.8 Å². The molecule has 1 N–H and O–H groups in total. The minimum Gasteiger partial charge on any atom is -0.317 e. The minimum absolute atomic E-state index is 0.120. The molecular weight excluding hydrogens is 564 g/mol. The molecule has 45 heavy (non-hydrogen) atoms. The molecule has 0 unspecified atom stereocenters. The maximum atomic E-state index is 14.2. The van der Waals surface area contributed by atoms with Gasteiger partial charge in [-0.3, -0.25) is 9.36 Å². The molecule has 0 saturated heterocycles. The van der Waals surface area contributed by atoms with Gasteiger partial charge in [-0.25, -0.2) is 19.4 Å². The second-order valence-electron chi connectivity index (χ2n) is 12.3. The van der Waals surface area contributed by atoms with Gasteiger partial charge in [-0.15, -0.1) is 5.10 Å². The SMILES string of the molecule is CC(C)Cn1c(=O)c2c(nc(C3CCCCC3)n2Cc2ccc(-c3ccccc3-c3nnn[nH]3)cc2)n(-c2ccccc2)c1=O. The Labute approximate surface area is 260 Å². The maximum Gasteiger partial charge on any atom is 0.337 e. The summed E-state index contributed by atoms with van der Waals surface area (Å²) in [6, 6.07) is 25.9. The summed E-state index contributed by atoms with van der Waals surface area (Å²) in [6.45, 7) is 4.85. The summed E-state index contributed by atoms with van der Waals surface area (Å²) in [5, 5.41) is 14.5. The zero-order valence-electron chi connectivity index (χ0n) is 25.6. The van der Waals surface area contributed by atoms with E-state index in [1.54, 1.807) is 4.57 Å². The van der Waals surface area contributed by atoms with E-state index >= 15 is 0 Å². The molecule has 10 nitrogen and oxygen atoms in total. The number of nitrogens with zero attached hydrogens (tertiary/aromatic N) is 7. The fourth-order valence-corrected chi connectivity index (χ4v) is 6.61. The second-order valence-corrected chi connectivity index (χ2v) is 12.3. The molecule has 0 spiro atoms. The lowest BCUT2D eigenvalue weighted by Crippen LogP contribution is -2.41. The Morgan fingerprint density at radius 3 is 2.24 bits per heavy atom. The number of para-hydroxylation sites is 1. The quantitative estimate of drug-likeness (QED) is 0.231. The van der Waals surface area contributed by atoms with Crippen LogP contribution in [0.2, 0.25) is 0 Å². The molecule has 3 aromatic heterocycles. The first-order chi connectivity index (χ1) is 22.0. The van der Waals surface area contributed by atoms with E-state index in [0.29, 0.717) is 35.8 Å². The van der Waals surface area contributed by atoms with Crippen molar-refractivity contribution in [3.63, 3.8) is 0 Å². The largest absolute Gasteiger partial charge is 0.337 e. The number of benzene rings is 3.